The van der Waals surface area contributed by atoms with Gasteiger partial charge >= 0.3 is 5.97 Å². The third-order valence-corrected chi connectivity index (χ3v) is 8.08. The van der Waals surface area contributed by atoms with Crippen LogP contribution in [0, 0.1) is 12.3 Å². The number of amidine groups is 1. The summed E-state index contributed by atoms with van der Waals surface area (Å²) in [5, 5.41) is 23.7. The van der Waals surface area contributed by atoms with E-state index in [1.807, 2.05) is 55.5 Å². The van der Waals surface area contributed by atoms with Crippen LogP contribution in [0.25, 0.3) is 0 Å². The number of halogens is 1. The lowest BCUT2D eigenvalue weighted by Crippen LogP contribution is -2.32. The third kappa shape index (κ3) is 5.14. The molecule has 5 rings (SSSR count). The quantitative estimate of drug-likeness (QED) is 0.227. The van der Waals surface area contributed by atoms with E-state index in [1.54, 1.807) is 5.01 Å². The third-order valence-electron chi connectivity index (χ3n) is 6.49. The molecular formula is C28H23BrN4O4S. The highest BCUT2D eigenvalue weighted by molar-refractivity contribution is 9.10. The lowest BCUT2D eigenvalue weighted by molar-refractivity contribution is -0.121. The summed E-state index contributed by atoms with van der Waals surface area (Å²) in [6.07, 6.45) is 0.533. The Morgan fingerprint density at radius 2 is 1.66 bits per heavy atom. The van der Waals surface area contributed by atoms with Crippen molar-refractivity contribution in [2.45, 2.75) is 31.1 Å². The molecule has 3 aromatic rings. The number of carboxylic acids is 1. The van der Waals surface area contributed by atoms with Crippen molar-refractivity contribution >= 4 is 62.0 Å². The Balaban J connectivity index is 1.38. The summed E-state index contributed by atoms with van der Waals surface area (Å²) >= 11 is 4.48. The molecule has 192 valence electrons. The molecule has 8 nitrogen and oxygen atoms in total. The Hall–Kier alpha value is -3.76. The molecule has 0 bridgehead atoms. The van der Waals surface area contributed by atoms with Crippen molar-refractivity contribution < 1.29 is 19.5 Å². The molecule has 2 atom stereocenters. The Labute approximate surface area is 232 Å². The maximum absolute atomic E-state index is 13.2. The van der Waals surface area contributed by atoms with Crippen LogP contribution in [0.5, 0.6) is 0 Å². The average molecular weight is 591 g/mol. The van der Waals surface area contributed by atoms with Gasteiger partial charge in [0.2, 0.25) is 11.8 Å². The van der Waals surface area contributed by atoms with Gasteiger partial charge in [0.1, 0.15) is 5.25 Å². The van der Waals surface area contributed by atoms with Crippen LogP contribution in [0.3, 0.4) is 0 Å². The molecule has 0 aromatic heterocycles. The maximum atomic E-state index is 13.2. The summed E-state index contributed by atoms with van der Waals surface area (Å²) in [7, 11) is 0. The number of carbonyl (C=O) groups is 3. The van der Waals surface area contributed by atoms with Gasteiger partial charge in [-0.15, -0.1) is 0 Å². The number of rotatable bonds is 5. The van der Waals surface area contributed by atoms with E-state index in [2.05, 4.69) is 15.9 Å². The molecule has 2 heterocycles. The summed E-state index contributed by atoms with van der Waals surface area (Å²) in [6.45, 7) is 2.02. The molecule has 2 N–H and O–H groups in total. The van der Waals surface area contributed by atoms with Gasteiger partial charge in [0, 0.05) is 17.3 Å². The highest BCUT2D eigenvalue weighted by Crippen LogP contribution is 2.38. The first-order chi connectivity index (χ1) is 18.2. The van der Waals surface area contributed by atoms with E-state index in [1.165, 1.54) is 24.3 Å². The summed E-state index contributed by atoms with van der Waals surface area (Å²) in [5.41, 5.74) is 4.32. The second kappa shape index (κ2) is 10.5. The lowest BCUT2D eigenvalue weighted by Gasteiger charge is -2.24. The number of aromatic carboxylic acids is 1. The Morgan fingerprint density at radius 1 is 1.00 bits per heavy atom. The van der Waals surface area contributed by atoms with Crippen molar-refractivity contribution in [2.75, 3.05) is 4.90 Å². The van der Waals surface area contributed by atoms with Crippen LogP contribution >= 0.6 is 27.7 Å². The van der Waals surface area contributed by atoms with E-state index < -0.39 is 23.0 Å². The standard InChI is InChI=1S/C28H23BrN4O4S/c1-16-2-4-17(5-3-16)22-14-23(18-6-10-20(29)11-7-18)33(31-22)28(30)38-24-15-25(34)32(26(24)35)21-12-8-19(9-13-21)27(36)37/h2-13,23-24,30H,14-15H2,1H3,(H,36,37). The van der Waals surface area contributed by atoms with E-state index in [9.17, 15) is 14.4 Å². The van der Waals surface area contributed by atoms with Crippen molar-refractivity contribution in [3.63, 3.8) is 0 Å². The summed E-state index contributed by atoms with van der Waals surface area (Å²) in [4.78, 5) is 38.2. The highest BCUT2D eigenvalue weighted by atomic mass is 79.9. The molecule has 2 aliphatic heterocycles. The first-order valence-corrected chi connectivity index (χ1v) is 13.5. The van der Waals surface area contributed by atoms with Crippen LogP contribution in [-0.2, 0) is 9.59 Å². The zero-order valence-electron chi connectivity index (χ0n) is 20.3. The van der Waals surface area contributed by atoms with Gasteiger partial charge in [-0.1, -0.05) is 69.7 Å². The Morgan fingerprint density at radius 3 is 2.29 bits per heavy atom. The molecule has 0 aliphatic carbocycles. The SMILES string of the molecule is Cc1ccc(C2=NN(C(=N)SC3CC(=O)N(c4ccc(C(=O)O)cc4)C3=O)C(c3ccc(Br)cc3)C2)cc1. The first-order valence-electron chi connectivity index (χ1n) is 11.9. The van der Waals surface area contributed by atoms with Crippen molar-refractivity contribution in [1.82, 2.24) is 5.01 Å². The number of carboxylic acid groups (broad SMARTS) is 1. The molecule has 2 unspecified atom stereocenters. The minimum atomic E-state index is -1.09. The summed E-state index contributed by atoms with van der Waals surface area (Å²) < 4.78 is 0.946. The number of nitrogens with zero attached hydrogens (tertiary/aromatic N) is 3. The van der Waals surface area contributed by atoms with E-state index in [4.69, 9.17) is 15.6 Å². The molecule has 0 spiro atoms. The molecule has 0 saturated carbocycles. The molecule has 2 amide bonds. The predicted molar refractivity (Wildman–Crippen MR) is 151 cm³/mol. The maximum Gasteiger partial charge on any atom is 0.335 e. The van der Waals surface area contributed by atoms with Gasteiger partial charge in [0.25, 0.3) is 0 Å². The molecule has 0 radical (unpaired) electrons. The van der Waals surface area contributed by atoms with Gasteiger partial charge < -0.3 is 5.11 Å². The number of anilines is 1. The second-order valence-electron chi connectivity index (χ2n) is 9.06. The van der Waals surface area contributed by atoms with Gasteiger partial charge in [0.05, 0.1) is 23.0 Å². The van der Waals surface area contributed by atoms with E-state index in [0.29, 0.717) is 12.1 Å². The normalized spacial score (nSPS) is 19.2. The number of nitrogens with one attached hydrogen (secondary N) is 1. The van der Waals surface area contributed by atoms with Crippen molar-refractivity contribution in [3.8, 4) is 0 Å². The van der Waals surface area contributed by atoms with Crippen LogP contribution < -0.4 is 4.90 Å². The molecule has 1 saturated heterocycles. The summed E-state index contributed by atoms with van der Waals surface area (Å²) in [5.74, 6) is -1.91. The number of thioether (sulfide) groups is 1. The Kier molecular flexibility index (Phi) is 7.18. The zero-order chi connectivity index (χ0) is 27.0. The van der Waals surface area contributed by atoms with Gasteiger partial charge in [-0.05, 0) is 54.4 Å². The molecule has 38 heavy (non-hydrogen) atoms. The molecular weight excluding hydrogens is 568 g/mol. The van der Waals surface area contributed by atoms with E-state index in [-0.39, 0.29) is 23.2 Å². The predicted octanol–water partition coefficient (Wildman–Crippen LogP) is 5.61. The Bertz CT molecular complexity index is 1460. The number of imide groups is 1. The number of benzene rings is 3. The van der Waals surface area contributed by atoms with Crippen LogP contribution in [0.15, 0.2) is 82.4 Å². The fourth-order valence-electron chi connectivity index (χ4n) is 4.47. The summed E-state index contributed by atoms with van der Waals surface area (Å²) in [6, 6.07) is 21.3. The highest BCUT2D eigenvalue weighted by Gasteiger charge is 2.42. The van der Waals surface area contributed by atoms with Gasteiger partial charge in [-0.2, -0.15) is 5.10 Å². The number of amides is 2. The number of hydrogen-bond donors (Lipinski definition) is 2. The molecule has 2 aliphatic rings. The molecule has 3 aromatic carbocycles. The van der Waals surface area contributed by atoms with E-state index in [0.717, 1.165) is 43.5 Å². The number of hydrazone groups is 1. The fourth-order valence-corrected chi connectivity index (χ4v) is 5.71. The first kappa shape index (κ1) is 25.9. The second-order valence-corrected chi connectivity index (χ2v) is 11.2. The van der Waals surface area contributed by atoms with Crippen LogP contribution in [-0.4, -0.2) is 44.0 Å². The average Bonchev–Trinajstić information content (AvgIpc) is 3.46. The van der Waals surface area contributed by atoms with Crippen molar-refractivity contribution in [2.24, 2.45) is 5.10 Å². The smallest absolute Gasteiger partial charge is 0.335 e. The fraction of sp³-hybridized carbons (Fsp3) is 0.179. The number of carbonyl (C=O) groups excluding carboxylic acids is 2. The monoisotopic (exact) mass is 590 g/mol. The topological polar surface area (TPSA) is 114 Å². The molecule has 10 heteroatoms. The molecule has 1 fully saturated rings. The van der Waals surface area contributed by atoms with Crippen molar-refractivity contribution in [3.05, 3.63) is 99.5 Å². The van der Waals surface area contributed by atoms with E-state index >= 15 is 0 Å². The van der Waals surface area contributed by atoms with Gasteiger partial charge in [-0.25, -0.2) is 14.7 Å². The minimum Gasteiger partial charge on any atom is -0.478 e. The van der Waals surface area contributed by atoms with Crippen LogP contribution in [0.2, 0.25) is 0 Å². The van der Waals surface area contributed by atoms with Crippen LogP contribution in [0.1, 0.15) is 45.9 Å². The minimum absolute atomic E-state index is 0.0577. The van der Waals surface area contributed by atoms with Crippen LogP contribution in [0.4, 0.5) is 5.69 Å². The van der Waals surface area contributed by atoms with Crippen molar-refractivity contribution in [1.29, 1.82) is 5.41 Å². The number of hydrogen-bond acceptors (Lipinski definition) is 6. The zero-order valence-corrected chi connectivity index (χ0v) is 22.7. The largest absolute Gasteiger partial charge is 0.478 e. The lowest BCUT2D eigenvalue weighted by atomic mass is 9.98. The number of aryl methyl sites for hydroxylation is 1. The van der Waals surface area contributed by atoms with Gasteiger partial charge in [-0.3, -0.25) is 15.0 Å². The van der Waals surface area contributed by atoms with Gasteiger partial charge in [0.15, 0.2) is 5.17 Å².